The van der Waals surface area contributed by atoms with E-state index >= 15 is 0 Å². The number of hydrogen-bond acceptors (Lipinski definition) is 2. The van der Waals surface area contributed by atoms with Gasteiger partial charge in [-0.2, -0.15) is 0 Å². The number of imidazole rings is 1. The largest absolute Gasteiger partial charge is 0.328 e. The van der Waals surface area contributed by atoms with Gasteiger partial charge in [0.2, 0.25) is 5.28 Å². The minimum atomic E-state index is 0.242. The van der Waals surface area contributed by atoms with Crippen molar-refractivity contribution in [2.24, 2.45) is 11.7 Å². The van der Waals surface area contributed by atoms with Crippen LogP contribution in [0.25, 0.3) is 0 Å². The summed E-state index contributed by atoms with van der Waals surface area (Å²) in [7, 11) is 0. The molecular weight excluding hydrogens is 186 g/mol. The molecule has 2 N–H and O–H groups in total. The third-order valence-electron chi connectivity index (χ3n) is 2.82. The first kappa shape index (κ1) is 9.03. The van der Waals surface area contributed by atoms with Gasteiger partial charge in [-0.3, -0.25) is 0 Å². The van der Waals surface area contributed by atoms with E-state index in [1.807, 2.05) is 6.20 Å². The molecule has 2 rings (SSSR count). The van der Waals surface area contributed by atoms with Crippen molar-refractivity contribution < 1.29 is 0 Å². The Bertz CT molecular complexity index is 306. The Morgan fingerprint density at radius 2 is 2.54 bits per heavy atom. The van der Waals surface area contributed by atoms with Gasteiger partial charge in [-0.25, -0.2) is 4.98 Å². The number of aromatic nitrogens is 2. The Kier molecular flexibility index (Phi) is 2.30. The molecule has 0 fully saturated rings. The predicted octanol–water partition coefficient (Wildman–Crippen LogP) is 1.45. The Hall–Kier alpha value is -0.540. The lowest BCUT2D eigenvalue weighted by Crippen LogP contribution is -2.33. The highest BCUT2D eigenvalue weighted by molar-refractivity contribution is 6.28. The molecule has 0 saturated heterocycles. The highest BCUT2D eigenvalue weighted by Crippen LogP contribution is 2.24. The SMILES string of the molecule is CC(N)C1CCc2cnc(Cl)n2C1. The van der Waals surface area contributed by atoms with Crippen molar-refractivity contribution in [2.45, 2.75) is 32.4 Å². The maximum atomic E-state index is 5.94. The molecule has 0 radical (unpaired) electrons. The van der Waals surface area contributed by atoms with Crippen LogP contribution in [0.4, 0.5) is 0 Å². The van der Waals surface area contributed by atoms with E-state index in [-0.39, 0.29) is 6.04 Å². The van der Waals surface area contributed by atoms with Gasteiger partial charge < -0.3 is 10.3 Å². The van der Waals surface area contributed by atoms with E-state index in [0.29, 0.717) is 11.2 Å². The first-order chi connectivity index (χ1) is 6.18. The maximum absolute atomic E-state index is 5.94. The highest BCUT2D eigenvalue weighted by Gasteiger charge is 2.22. The van der Waals surface area contributed by atoms with Crippen LogP contribution in [0.2, 0.25) is 5.28 Å². The molecule has 0 aliphatic carbocycles. The van der Waals surface area contributed by atoms with Crippen LogP contribution in [0.5, 0.6) is 0 Å². The van der Waals surface area contributed by atoms with Crippen LogP contribution in [0.3, 0.4) is 0 Å². The van der Waals surface area contributed by atoms with E-state index in [1.54, 1.807) is 0 Å². The van der Waals surface area contributed by atoms with Crippen molar-refractivity contribution in [3.63, 3.8) is 0 Å². The molecule has 0 aromatic carbocycles. The van der Waals surface area contributed by atoms with Crippen molar-refractivity contribution in [3.05, 3.63) is 17.2 Å². The van der Waals surface area contributed by atoms with Gasteiger partial charge in [0.25, 0.3) is 0 Å². The van der Waals surface area contributed by atoms with Crippen LogP contribution in [0, 0.1) is 5.92 Å². The lowest BCUT2D eigenvalue weighted by Gasteiger charge is -2.27. The van der Waals surface area contributed by atoms with Crippen molar-refractivity contribution >= 4 is 11.6 Å². The van der Waals surface area contributed by atoms with E-state index in [0.717, 1.165) is 19.4 Å². The molecule has 1 aliphatic rings. The van der Waals surface area contributed by atoms with Gasteiger partial charge in [-0.15, -0.1) is 0 Å². The number of nitrogens with two attached hydrogens (primary N) is 1. The molecule has 4 heteroatoms. The normalized spacial score (nSPS) is 24.1. The Morgan fingerprint density at radius 3 is 3.23 bits per heavy atom. The number of hydrogen-bond donors (Lipinski definition) is 1. The lowest BCUT2D eigenvalue weighted by molar-refractivity contribution is 0.325. The molecule has 2 heterocycles. The Balaban J connectivity index is 2.22. The summed E-state index contributed by atoms with van der Waals surface area (Å²) in [6, 6.07) is 0.242. The van der Waals surface area contributed by atoms with E-state index in [1.165, 1.54) is 5.69 Å². The smallest absolute Gasteiger partial charge is 0.202 e. The quantitative estimate of drug-likeness (QED) is 0.744. The number of halogens is 1. The second-order valence-electron chi connectivity index (χ2n) is 3.79. The predicted molar refractivity (Wildman–Crippen MR) is 52.7 cm³/mol. The van der Waals surface area contributed by atoms with E-state index in [9.17, 15) is 0 Å². The summed E-state index contributed by atoms with van der Waals surface area (Å²) in [5.74, 6) is 0.541. The van der Waals surface area contributed by atoms with Crippen molar-refractivity contribution in [3.8, 4) is 0 Å². The summed E-state index contributed by atoms with van der Waals surface area (Å²) >= 11 is 5.94. The molecule has 1 aliphatic heterocycles. The Labute approximate surface area is 82.9 Å². The molecule has 0 saturated carbocycles. The third kappa shape index (κ3) is 1.58. The number of aryl methyl sites for hydroxylation is 1. The maximum Gasteiger partial charge on any atom is 0.202 e. The van der Waals surface area contributed by atoms with Crippen molar-refractivity contribution in [2.75, 3.05) is 0 Å². The highest BCUT2D eigenvalue weighted by atomic mass is 35.5. The molecule has 72 valence electrons. The molecule has 1 aromatic rings. The van der Waals surface area contributed by atoms with Crippen LogP contribution in [-0.2, 0) is 13.0 Å². The molecule has 3 nitrogen and oxygen atoms in total. The minimum Gasteiger partial charge on any atom is -0.328 e. The fraction of sp³-hybridized carbons (Fsp3) is 0.667. The molecule has 2 atom stereocenters. The minimum absolute atomic E-state index is 0.242. The van der Waals surface area contributed by atoms with Gasteiger partial charge in [0.1, 0.15) is 0 Å². The van der Waals surface area contributed by atoms with E-state index in [4.69, 9.17) is 17.3 Å². The summed E-state index contributed by atoms with van der Waals surface area (Å²) in [4.78, 5) is 4.08. The summed E-state index contributed by atoms with van der Waals surface area (Å²) in [5, 5.41) is 0.598. The van der Waals surface area contributed by atoms with Gasteiger partial charge in [0.15, 0.2) is 0 Å². The average Bonchev–Trinajstić information content (AvgIpc) is 2.47. The first-order valence-corrected chi connectivity index (χ1v) is 5.01. The zero-order chi connectivity index (χ0) is 9.42. The Morgan fingerprint density at radius 1 is 1.77 bits per heavy atom. The molecule has 1 aromatic heterocycles. The summed E-state index contributed by atoms with van der Waals surface area (Å²) in [6.07, 6.45) is 4.06. The van der Waals surface area contributed by atoms with Gasteiger partial charge in [-0.1, -0.05) is 0 Å². The zero-order valence-electron chi connectivity index (χ0n) is 7.70. The monoisotopic (exact) mass is 199 g/mol. The van der Waals surface area contributed by atoms with Crippen molar-refractivity contribution in [1.29, 1.82) is 0 Å². The van der Waals surface area contributed by atoms with E-state index in [2.05, 4.69) is 16.5 Å². The molecule has 0 spiro atoms. The second-order valence-corrected chi connectivity index (χ2v) is 4.13. The topological polar surface area (TPSA) is 43.8 Å². The van der Waals surface area contributed by atoms with Gasteiger partial charge >= 0.3 is 0 Å². The van der Waals surface area contributed by atoms with Crippen LogP contribution >= 0.6 is 11.6 Å². The van der Waals surface area contributed by atoms with Crippen LogP contribution in [0.15, 0.2) is 6.20 Å². The second kappa shape index (κ2) is 3.31. The van der Waals surface area contributed by atoms with Gasteiger partial charge in [0.05, 0.1) is 0 Å². The van der Waals surface area contributed by atoms with E-state index < -0.39 is 0 Å². The summed E-state index contributed by atoms with van der Waals surface area (Å²) in [6.45, 7) is 2.98. The number of nitrogens with zero attached hydrogens (tertiary/aromatic N) is 2. The zero-order valence-corrected chi connectivity index (χ0v) is 8.46. The molecule has 0 bridgehead atoms. The van der Waals surface area contributed by atoms with Crippen LogP contribution in [0.1, 0.15) is 19.0 Å². The number of rotatable bonds is 1. The first-order valence-electron chi connectivity index (χ1n) is 4.64. The summed E-state index contributed by atoms with van der Waals surface area (Å²) in [5.41, 5.74) is 7.10. The van der Waals surface area contributed by atoms with Crippen LogP contribution < -0.4 is 5.73 Å². The third-order valence-corrected chi connectivity index (χ3v) is 3.12. The van der Waals surface area contributed by atoms with Crippen molar-refractivity contribution in [1.82, 2.24) is 9.55 Å². The fourth-order valence-electron chi connectivity index (χ4n) is 1.87. The molecule has 0 amide bonds. The summed E-state index contributed by atoms with van der Waals surface area (Å²) < 4.78 is 2.07. The molecule has 2 unspecified atom stereocenters. The van der Waals surface area contributed by atoms with Crippen LogP contribution in [-0.4, -0.2) is 15.6 Å². The standard InChI is InChI=1S/C9H14ClN3/c1-6(11)7-2-3-8-4-12-9(10)13(8)5-7/h4,6-7H,2-3,5,11H2,1H3. The number of fused-ring (bicyclic) bond motifs is 1. The average molecular weight is 200 g/mol. The van der Waals surface area contributed by atoms with Gasteiger partial charge in [0, 0.05) is 24.5 Å². The molecule has 13 heavy (non-hydrogen) atoms. The lowest BCUT2D eigenvalue weighted by atomic mass is 9.92. The fourth-order valence-corrected chi connectivity index (χ4v) is 2.09. The molecular formula is C9H14ClN3. The van der Waals surface area contributed by atoms with Gasteiger partial charge in [-0.05, 0) is 37.3 Å².